The summed E-state index contributed by atoms with van der Waals surface area (Å²) in [7, 11) is 1.76. The molecular formula is C27H25F2N7O2. The molecule has 3 N–H and O–H groups in total. The number of halogens is 2. The Kier molecular flexibility index (Phi) is 7.09. The van der Waals surface area contributed by atoms with Crippen LogP contribution in [0.2, 0.25) is 0 Å². The van der Waals surface area contributed by atoms with E-state index in [0.29, 0.717) is 46.1 Å². The van der Waals surface area contributed by atoms with Crippen LogP contribution in [0.1, 0.15) is 23.6 Å². The third-order valence-corrected chi connectivity index (χ3v) is 6.15. The summed E-state index contributed by atoms with van der Waals surface area (Å²) in [6.07, 6.45) is 3.57. The van der Waals surface area contributed by atoms with Gasteiger partial charge in [0.1, 0.15) is 29.6 Å². The van der Waals surface area contributed by atoms with Crippen molar-refractivity contribution in [2.75, 3.05) is 29.6 Å². The molecule has 2 aromatic heterocycles. The topological polar surface area (TPSA) is 104 Å². The fourth-order valence-corrected chi connectivity index (χ4v) is 4.24. The van der Waals surface area contributed by atoms with Gasteiger partial charge >= 0.3 is 6.03 Å². The number of anilines is 4. The molecule has 1 aliphatic rings. The molecule has 3 heterocycles. The van der Waals surface area contributed by atoms with Gasteiger partial charge in [0.2, 0.25) is 0 Å². The van der Waals surface area contributed by atoms with Crippen molar-refractivity contribution >= 4 is 29.0 Å². The molecule has 2 amide bonds. The van der Waals surface area contributed by atoms with Crippen molar-refractivity contribution in [2.45, 2.75) is 19.4 Å². The van der Waals surface area contributed by atoms with Crippen molar-refractivity contribution in [1.82, 2.24) is 20.0 Å². The lowest BCUT2D eigenvalue weighted by molar-refractivity contribution is -0.0830. The molecule has 0 aliphatic carbocycles. The Labute approximate surface area is 217 Å². The van der Waals surface area contributed by atoms with Crippen LogP contribution in [-0.4, -0.2) is 39.7 Å². The van der Waals surface area contributed by atoms with Crippen LogP contribution in [0.4, 0.5) is 36.6 Å². The number of pyridine rings is 1. The molecular weight excluding hydrogens is 492 g/mol. The van der Waals surface area contributed by atoms with Gasteiger partial charge in [0.15, 0.2) is 0 Å². The van der Waals surface area contributed by atoms with Crippen LogP contribution in [0.25, 0.3) is 11.3 Å². The van der Waals surface area contributed by atoms with Crippen LogP contribution in [0, 0.1) is 18.6 Å². The first kappa shape index (κ1) is 25.0. The molecule has 4 aromatic rings. The van der Waals surface area contributed by atoms with Crippen molar-refractivity contribution in [3.8, 4) is 11.3 Å². The summed E-state index contributed by atoms with van der Waals surface area (Å²) in [4.78, 5) is 31.5. The van der Waals surface area contributed by atoms with E-state index in [1.54, 1.807) is 44.4 Å². The molecule has 1 atom stereocenters. The average Bonchev–Trinajstić information content (AvgIpc) is 3.42. The van der Waals surface area contributed by atoms with E-state index in [1.165, 1.54) is 30.6 Å². The Hall–Kier alpha value is -4.64. The zero-order valence-electron chi connectivity index (χ0n) is 20.7. The van der Waals surface area contributed by atoms with Crippen LogP contribution in [0.3, 0.4) is 0 Å². The summed E-state index contributed by atoms with van der Waals surface area (Å²) in [5.74, 6) is 0.120. The van der Waals surface area contributed by atoms with Crippen LogP contribution in [0.5, 0.6) is 0 Å². The fourth-order valence-electron chi connectivity index (χ4n) is 4.24. The molecule has 38 heavy (non-hydrogen) atoms. The van der Waals surface area contributed by atoms with Gasteiger partial charge in [0, 0.05) is 37.0 Å². The third kappa shape index (κ3) is 5.23. The van der Waals surface area contributed by atoms with Crippen LogP contribution < -0.4 is 16.0 Å². The monoisotopic (exact) mass is 517 g/mol. The predicted octanol–water partition coefficient (Wildman–Crippen LogP) is 5.82. The zero-order chi connectivity index (χ0) is 26.6. The summed E-state index contributed by atoms with van der Waals surface area (Å²) >= 11 is 0. The minimum Gasteiger partial charge on any atom is -0.373 e. The van der Waals surface area contributed by atoms with E-state index < -0.39 is 23.7 Å². The average molecular weight is 518 g/mol. The maximum absolute atomic E-state index is 14.9. The lowest BCUT2D eigenvalue weighted by Gasteiger charge is -2.23. The van der Waals surface area contributed by atoms with E-state index in [-0.39, 0.29) is 12.3 Å². The van der Waals surface area contributed by atoms with Crippen molar-refractivity contribution in [1.29, 1.82) is 0 Å². The number of benzene rings is 2. The first-order valence-corrected chi connectivity index (χ1v) is 11.9. The number of hydroxylamine groups is 2. The largest absolute Gasteiger partial charge is 0.373 e. The van der Waals surface area contributed by atoms with Gasteiger partial charge in [0.25, 0.3) is 0 Å². The Morgan fingerprint density at radius 2 is 1.92 bits per heavy atom. The summed E-state index contributed by atoms with van der Waals surface area (Å²) in [5.41, 5.74) is 3.04. The van der Waals surface area contributed by atoms with E-state index in [4.69, 9.17) is 4.84 Å². The number of aromatic nitrogens is 3. The number of hydrogen-bond donors (Lipinski definition) is 3. The van der Waals surface area contributed by atoms with Crippen LogP contribution >= 0.6 is 0 Å². The van der Waals surface area contributed by atoms with Gasteiger partial charge in [-0.15, -0.1) is 0 Å². The lowest BCUT2D eigenvalue weighted by atomic mass is 10.0. The van der Waals surface area contributed by atoms with Gasteiger partial charge < -0.3 is 16.0 Å². The quantitative estimate of drug-likeness (QED) is 0.296. The molecule has 194 valence electrons. The van der Waals surface area contributed by atoms with Gasteiger partial charge in [-0.05, 0) is 54.4 Å². The van der Waals surface area contributed by atoms with E-state index in [9.17, 15) is 13.6 Å². The second kappa shape index (κ2) is 10.8. The minimum atomic E-state index is -0.662. The number of carbonyl (C=O) groups is 1. The normalized spacial score (nSPS) is 14.8. The molecule has 0 saturated carbocycles. The zero-order valence-corrected chi connectivity index (χ0v) is 20.7. The Morgan fingerprint density at radius 3 is 2.74 bits per heavy atom. The minimum absolute atomic E-state index is 0.0476. The SMILES string of the molecule is CNc1cc(-c2cccnc2Nc2cc(NC(=O)N3OCC[C@@H]3c3cccc(F)c3)c(F)cc2C)ncn1. The molecule has 0 radical (unpaired) electrons. The lowest BCUT2D eigenvalue weighted by Crippen LogP contribution is -2.33. The summed E-state index contributed by atoms with van der Waals surface area (Å²) in [6, 6.07) is 13.1. The summed E-state index contributed by atoms with van der Waals surface area (Å²) < 4.78 is 28.7. The second-order valence-corrected chi connectivity index (χ2v) is 8.66. The molecule has 0 unspecified atom stereocenters. The summed E-state index contributed by atoms with van der Waals surface area (Å²) in [6.45, 7) is 2.02. The van der Waals surface area contributed by atoms with E-state index in [2.05, 4.69) is 30.9 Å². The molecule has 2 aromatic carbocycles. The number of carbonyl (C=O) groups excluding carboxylic acids is 1. The smallest absolute Gasteiger partial charge is 0.346 e. The first-order valence-electron chi connectivity index (χ1n) is 11.9. The first-order chi connectivity index (χ1) is 18.4. The summed E-state index contributed by atoms with van der Waals surface area (Å²) in [5, 5.41) is 9.91. The van der Waals surface area contributed by atoms with Gasteiger partial charge in [-0.3, -0.25) is 4.84 Å². The van der Waals surface area contributed by atoms with Crippen molar-refractivity contribution in [3.63, 3.8) is 0 Å². The number of rotatable bonds is 6. The van der Waals surface area contributed by atoms with Gasteiger partial charge in [-0.2, -0.15) is 5.06 Å². The highest BCUT2D eigenvalue weighted by molar-refractivity contribution is 5.90. The molecule has 1 fully saturated rings. The Morgan fingerprint density at radius 1 is 1.05 bits per heavy atom. The van der Waals surface area contributed by atoms with E-state index in [1.807, 2.05) is 6.07 Å². The third-order valence-electron chi connectivity index (χ3n) is 6.15. The molecule has 0 bridgehead atoms. The number of aryl methyl sites for hydroxylation is 1. The second-order valence-electron chi connectivity index (χ2n) is 8.66. The highest BCUT2D eigenvalue weighted by atomic mass is 19.1. The van der Waals surface area contributed by atoms with E-state index >= 15 is 0 Å². The maximum Gasteiger partial charge on any atom is 0.346 e. The molecule has 1 saturated heterocycles. The van der Waals surface area contributed by atoms with Gasteiger partial charge in [-0.1, -0.05) is 12.1 Å². The number of urea groups is 1. The number of amides is 2. The Balaban J connectivity index is 1.40. The molecule has 9 nitrogen and oxygen atoms in total. The molecule has 11 heteroatoms. The highest BCUT2D eigenvalue weighted by Gasteiger charge is 2.32. The molecule has 0 spiro atoms. The van der Waals surface area contributed by atoms with Crippen LogP contribution in [-0.2, 0) is 4.84 Å². The van der Waals surface area contributed by atoms with Gasteiger partial charge in [-0.25, -0.2) is 28.5 Å². The van der Waals surface area contributed by atoms with E-state index in [0.717, 1.165) is 5.06 Å². The highest BCUT2D eigenvalue weighted by Crippen LogP contribution is 2.34. The molecule has 5 rings (SSSR count). The Bertz CT molecular complexity index is 1480. The van der Waals surface area contributed by atoms with Crippen molar-refractivity contribution < 1.29 is 18.4 Å². The van der Waals surface area contributed by atoms with Gasteiger partial charge in [0.05, 0.1) is 24.0 Å². The number of hydrogen-bond acceptors (Lipinski definition) is 7. The van der Waals surface area contributed by atoms with Crippen molar-refractivity contribution in [3.05, 3.63) is 89.9 Å². The standard InChI is InChI=1S/C27H25F2N7O2/c1-16-11-20(29)23(35-27(37)36-24(8-10-38-36)17-5-3-6-18(28)12-17)13-21(16)34-26-19(7-4-9-31-26)22-14-25(30-2)33-15-32-22/h3-7,9,11-15,24H,8,10H2,1-2H3,(H,31,34)(H,35,37)(H,30,32,33)/t24-/m1/s1. The van der Waals surface area contributed by atoms with Crippen molar-refractivity contribution in [2.24, 2.45) is 0 Å². The number of nitrogens with one attached hydrogen (secondary N) is 3. The number of nitrogens with zero attached hydrogens (tertiary/aromatic N) is 4. The maximum atomic E-state index is 14.9. The molecule has 1 aliphatic heterocycles. The fraction of sp³-hybridized carbons (Fsp3) is 0.185. The van der Waals surface area contributed by atoms with Crippen LogP contribution in [0.15, 0.2) is 67.1 Å². The predicted molar refractivity (Wildman–Crippen MR) is 140 cm³/mol.